The first-order chi connectivity index (χ1) is 13.3. The minimum atomic E-state index is -0.763. The Hall–Kier alpha value is -2.83. The van der Waals surface area contributed by atoms with Crippen LogP contribution in [-0.4, -0.2) is 15.2 Å². The topological polar surface area (TPSA) is 88.6 Å². The van der Waals surface area contributed by atoms with Crippen LogP contribution in [-0.2, 0) is 6.61 Å². The lowest BCUT2D eigenvalue weighted by atomic mass is 10.0. The maximum Gasteiger partial charge on any atom is 0.166 e. The van der Waals surface area contributed by atoms with Gasteiger partial charge in [0.2, 0.25) is 0 Å². The summed E-state index contributed by atoms with van der Waals surface area (Å²) in [4.78, 5) is 4.17. The number of aryl methyl sites for hydroxylation is 1. The second-order valence-electron chi connectivity index (χ2n) is 6.46. The number of nitrogens with zero attached hydrogens (tertiary/aromatic N) is 1. The fraction of sp³-hybridized carbons (Fsp3) is 0.190. The number of halogens is 2. The van der Waals surface area contributed by atoms with Gasteiger partial charge in [-0.05, 0) is 48.7 Å². The van der Waals surface area contributed by atoms with E-state index in [1.807, 2.05) is 25.1 Å². The summed E-state index contributed by atoms with van der Waals surface area (Å²) in [6.07, 6.45) is 0.855. The standard InChI is InChI=1S/C21H20ClFN2O3/c1-11-7-13(3-4-14(11)10-26)15-8-18(21(24)25-9-15)28-12(2)19-17(27)6-5-16(23)20(19)22/h3-9,12,26-27H,10H2,1-2H3,(H2,24,25). The number of aromatic hydroxyl groups is 1. The van der Waals surface area contributed by atoms with Gasteiger partial charge in [0.05, 0.1) is 17.2 Å². The Morgan fingerprint density at radius 2 is 1.96 bits per heavy atom. The van der Waals surface area contributed by atoms with Crippen LogP contribution in [0.2, 0.25) is 5.02 Å². The molecule has 0 radical (unpaired) electrons. The summed E-state index contributed by atoms with van der Waals surface area (Å²) in [6, 6.07) is 9.67. The van der Waals surface area contributed by atoms with E-state index in [-0.39, 0.29) is 34.5 Å². The Kier molecular flexibility index (Phi) is 5.72. The van der Waals surface area contributed by atoms with E-state index in [2.05, 4.69) is 4.98 Å². The second-order valence-corrected chi connectivity index (χ2v) is 6.84. The van der Waals surface area contributed by atoms with Gasteiger partial charge in [-0.25, -0.2) is 9.37 Å². The van der Waals surface area contributed by atoms with Gasteiger partial charge in [-0.3, -0.25) is 0 Å². The normalized spacial score (nSPS) is 12.0. The third kappa shape index (κ3) is 3.88. The van der Waals surface area contributed by atoms with Crippen LogP contribution in [0.15, 0.2) is 42.6 Å². The number of aliphatic hydroxyl groups is 1. The van der Waals surface area contributed by atoms with E-state index in [0.29, 0.717) is 0 Å². The van der Waals surface area contributed by atoms with Crippen LogP contribution >= 0.6 is 11.6 Å². The van der Waals surface area contributed by atoms with Gasteiger partial charge in [-0.2, -0.15) is 0 Å². The third-order valence-electron chi connectivity index (χ3n) is 4.55. The van der Waals surface area contributed by atoms with E-state index in [1.165, 1.54) is 6.07 Å². The fourth-order valence-electron chi connectivity index (χ4n) is 2.95. The first-order valence-electron chi connectivity index (χ1n) is 8.61. The summed E-state index contributed by atoms with van der Waals surface area (Å²) in [6.45, 7) is 3.51. The zero-order valence-electron chi connectivity index (χ0n) is 15.4. The van der Waals surface area contributed by atoms with Gasteiger partial charge in [0, 0.05) is 11.8 Å². The number of aliphatic hydroxyl groups excluding tert-OH is 1. The van der Waals surface area contributed by atoms with Crippen LogP contribution < -0.4 is 10.5 Å². The van der Waals surface area contributed by atoms with Crippen molar-refractivity contribution < 1.29 is 19.3 Å². The molecule has 3 rings (SSSR count). The van der Waals surface area contributed by atoms with Gasteiger partial charge >= 0.3 is 0 Å². The average Bonchev–Trinajstić information content (AvgIpc) is 2.66. The number of nitrogen functional groups attached to an aromatic ring is 1. The molecule has 0 aliphatic rings. The van der Waals surface area contributed by atoms with Gasteiger partial charge in [0.1, 0.15) is 17.7 Å². The highest BCUT2D eigenvalue weighted by Crippen LogP contribution is 2.37. The highest BCUT2D eigenvalue weighted by molar-refractivity contribution is 6.31. The third-order valence-corrected chi connectivity index (χ3v) is 4.93. The molecule has 0 saturated carbocycles. The average molecular weight is 403 g/mol. The van der Waals surface area contributed by atoms with Crippen molar-refractivity contribution in [2.24, 2.45) is 0 Å². The van der Waals surface area contributed by atoms with Crippen molar-refractivity contribution in [3.63, 3.8) is 0 Å². The van der Waals surface area contributed by atoms with Crippen molar-refractivity contribution in [2.45, 2.75) is 26.6 Å². The largest absolute Gasteiger partial charge is 0.507 e. The van der Waals surface area contributed by atoms with Crippen molar-refractivity contribution in [1.29, 1.82) is 0 Å². The summed E-state index contributed by atoms with van der Waals surface area (Å²) < 4.78 is 19.6. The molecule has 2 aromatic carbocycles. The number of benzene rings is 2. The van der Waals surface area contributed by atoms with E-state index in [9.17, 15) is 14.6 Å². The molecule has 0 spiro atoms. The smallest absolute Gasteiger partial charge is 0.166 e. The molecule has 0 fully saturated rings. The van der Waals surface area contributed by atoms with Crippen molar-refractivity contribution in [1.82, 2.24) is 4.98 Å². The van der Waals surface area contributed by atoms with Crippen molar-refractivity contribution in [3.8, 4) is 22.6 Å². The summed E-state index contributed by atoms with van der Waals surface area (Å²) >= 11 is 5.99. The van der Waals surface area contributed by atoms with Gasteiger partial charge in [-0.15, -0.1) is 0 Å². The molecule has 146 valence electrons. The highest BCUT2D eigenvalue weighted by Gasteiger charge is 2.20. The Morgan fingerprint density at radius 1 is 1.21 bits per heavy atom. The number of ether oxygens (including phenoxy) is 1. The number of phenolic OH excluding ortho intramolecular Hbond substituents is 1. The van der Waals surface area contributed by atoms with Gasteiger partial charge in [0.15, 0.2) is 11.6 Å². The first-order valence-corrected chi connectivity index (χ1v) is 8.99. The molecule has 1 heterocycles. The molecule has 28 heavy (non-hydrogen) atoms. The number of phenols is 1. The Morgan fingerprint density at radius 3 is 2.64 bits per heavy atom. The van der Waals surface area contributed by atoms with Gasteiger partial charge < -0.3 is 20.7 Å². The number of nitrogens with two attached hydrogens (primary N) is 1. The van der Waals surface area contributed by atoms with E-state index in [1.54, 1.807) is 19.2 Å². The van der Waals surface area contributed by atoms with Crippen LogP contribution in [0.1, 0.15) is 29.7 Å². The zero-order chi connectivity index (χ0) is 20.4. The van der Waals surface area contributed by atoms with Crippen LogP contribution in [0.4, 0.5) is 10.2 Å². The summed E-state index contributed by atoms with van der Waals surface area (Å²) in [5.41, 5.74) is 9.50. The quantitative estimate of drug-likeness (QED) is 0.572. The lowest BCUT2D eigenvalue weighted by Gasteiger charge is -2.19. The van der Waals surface area contributed by atoms with Crippen LogP contribution in [0.25, 0.3) is 11.1 Å². The number of hydrogen-bond donors (Lipinski definition) is 3. The first kappa shape index (κ1) is 19.9. The van der Waals surface area contributed by atoms with Crippen molar-refractivity contribution in [3.05, 3.63) is 70.1 Å². The van der Waals surface area contributed by atoms with E-state index in [4.69, 9.17) is 22.1 Å². The molecule has 0 aliphatic carbocycles. The molecule has 0 saturated heterocycles. The molecule has 1 unspecified atom stereocenters. The summed E-state index contributed by atoms with van der Waals surface area (Å²) in [5.74, 6) is -0.374. The molecule has 0 amide bonds. The van der Waals surface area contributed by atoms with Crippen LogP contribution in [0.3, 0.4) is 0 Å². The van der Waals surface area contributed by atoms with E-state index in [0.717, 1.165) is 28.3 Å². The fourth-order valence-corrected chi connectivity index (χ4v) is 3.27. The minimum Gasteiger partial charge on any atom is -0.507 e. The van der Waals surface area contributed by atoms with E-state index < -0.39 is 11.9 Å². The predicted octanol–water partition coefficient (Wildman–Crippen LogP) is 4.77. The zero-order valence-corrected chi connectivity index (χ0v) is 16.2. The molecule has 1 aromatic heterocycles. The maximum atomic E-state index is 13.8. The minimum absolute atomic E-state index is 0.0319. The number of hydrogen-bond acceptors (Lipinski definition) is 5. The number of anilines is 1. The van der Waals surface area contributed by atoms with Crippen molar-refractivity contribution in [2.75, 3.05) is 5.73 Å². The van der Waals surface area contributed by atoms with Crippen LogP contribution in [0, 0.1) is 12.7 Å². The monoisotopic (exact) mass is 402 g/mol. The van der Waals surface area contributed by atoms with E-state index >= 15 is 0 Å². The van der Waals surface area contributed by atoms with Gasteiger partial charge in [-0.1, -0.05) is 29.8 Å². The number of rotatable bonds is 5. The predicted molar refractivity (Wildman–Crippen MR) is 107 cm³/mol. The lowest BCUT2D eigenvalue weighted by molar-refractivity contribution is 0.222. The number of aromatic nitrogens is 1. The SMILES string of the molecule is Cc1cc(-c2cnc(N)c(OC(C)c3c(O)ccc(F)c3Cl)c2)ccc1CO. The highest BCUT2D eigenvalue weighted by atomic mass is 35.5. The molecule has 7 heteroatoms. The molecule has 0 aliphatic heterocycles. The van der Waals surface area contributed by atoms with Crippen LogP contribution in [0.5, 0.6) is 11.5 Å². The summed E-state index contributed by atoms with van der Waals surface area (Å²) in [5, 5.41) is 19.2. The van der Waals surface area contributed by atoms with Gasteiger partial charge in [0.25, 0.3) is 0 Å². The van der Waals surface area contributed by atoms with Crippen molar-refractivity contribution >= 4 is 17.4 Å². The molecular formula is C21H20ClFN2O3. The summed E-state index contributed by atoms with van der Waals surface area (Å²) in [7, 11) is 0. The number of pyridine rings is 1. The second kappa shape index (κ2) is 8.04. The molecule has 1 atom stereocenters. The molecule has 5 nitrogen and oxygen atoms in total. The molecule has 4 N–H and O–H groups in total. The lowest BCUT2D eigenvalue weighted by Crippen LogP contribution is -2.07. The maximum absolute atomic E-state index is 13.8. The molecular weight excluding hydrogens is 383 g/mol. The Bertz CT molecular complexity index is 1030. The molecule has 0 bridgehead atoms. The Balaban J connectivity index is 1.95. The Labute approximate surface area is 167 Å². The molecule has 3 aromatic rings.